The van der Waals surface area contributed by atoms with Crippen molar-refractivity contribution in [2.75, 3.05) is 13.1 Å². The second kappa shape index (κ2) is 7.88. The number of nitrogens with zero attached hydrogens (tertiary/aromatic N) is 2. The number of rotatable bonds is 4. The summed E-state index contributed by atoms with van der Waals surface area (Å²) in [4.78, 5) is 13.2. The molecular formula is C22H29ClN4O. The lowest BCUT2D eigenvalue weighted by Crippen LogP contribution is -2.47. The van der Waals surface area contributed by atoms with Gasteiger partial charge in [0.1, 0.15) is 0 Å². The highest BCUT2D eigenvalue weighted by atomic mass is 35.5. The summed E-state index contributed by atoms with van der Waals surface area (Å²) < 4.78 is 2.09. The number of aromatic nitrogens is 2. The quantitative estimate of drug-likeness (QED) is 0.828. The smallest absolute Gasteiger partial charge is 0.228 e. The molecule has 150 valence electrons. The number of fused-ring (bicyclic) bond motifs is 2. The Hall–Kier alpha value is -1.85. The first kappa shape index (κ1) is 19.5. The van der Waals surface area contributed by atoms with Crippen LogP contribution in [0.15, 0.2) is 30.3 Å². The Morgan fingerprint density at radius 2 is 2.07 bits per heavy atom. The third kappa shape index (κ3) is 3.15. The van der Waals surface area contributed by atoms with E-state index >= 15 is 0 Å². The summed E-state index contributed by atoms with van der Waals surface area (Å²) in [6.45, 7) is 2.38. The monoisotopic (exact) mass is 400 g/mol. The summed E-state index contributed by atoms with van der Waals surface area (Å²) >= 11 is 0. The molecule has 28 heavy (non-hydrogen) atoms. The second-order valence-electron chi connectivity index (χ2n) is 8.39. The van der Waals surface area contributed by atoms with E-state index in [0.29, 0.717) is 12.5 Å². The van der Waals surface area contributed by atoms with Gasteiger partial charge in [0.2, 0.25) is 5.91 Å². The molecule has 5 rings (SSSR count). The van der Waals surface area contributed by atoms with Crippen LogP contribution < -0.4 is 10.6 Å². The van der Waals surface area contributed by atoms with Crippen LogP contribution in [0.1, 0.15) is 49.1 Å². The molecule has 0 unspecified atom stereocenters. The number of nitrogens with one attached hydrogen (secondary N) is 2. The van der Waals surface area contributed by atoms with Gasteiger partial charge >= 0.3 is 0 Å². The van der Waals surface area contributed by atoms with E-state index in [-0.39, 0.29) is 23.7 Å². The van der Waals surface area contributed by atoms with Crippen molar-refractivity contribution in [3.05, 3.63) is 47.3 Å². The second-order valence-corrected chi connectivity index (χ2v) is 8.39. The maximum atomic E-state index is 13.2. The van der Waals surface area contributed by atoms with Crippen molar-refractivity contribution in [2.24, 2.45) is 11.3 Å². The topological polar surface area (TPSA) is 59.0 Å². The zero-order valence-corrected chi connectivity index (χ0v) is 17.1. The third-order valence-electron chi connectivity index (χ3n) is 6.92. The molecule has 1 amide bonds. The number of halogens is 1. The van der Waals surface area contributed by atoms with Crippen molar-refractivity contribution in [3.8, 4) is 5.69 Å². The molecule has 2 fully saturated rings. The Kier molecular flexibility index (Phi) is 5.48. The van der Waals surface area contributed by atoms with E-state index in [1.807, 2.05) is 6.07 Å². The normalized spacial score (nSPS) is 25.6. The van der Waals surface area contributed by atoms with Crippen LogP contribution in [0, 0.1) is 11.3 Å². The fourth-order valence-corrected chi connectivity index (χ4v) is 5.47. The van der Waals surface area contributed by atoms with Gasteiger partial charge in [-0.2, -0.15) is 5.10 Å². The molecule has 2 aliphatic carbocycles. The van der Waals surface area contributed by atoms with Gasteiger partial charge in [0, 0.05) is 12.2 Å². The lowest BCUT2D eigenvalue weighted by Gasteiger charge is -2.37. The van der Waals surface area contributed by atoms with Crippen LogP contribution in [-0.4, -0.2) is 28.8 Å². The molecule has 2 aromatic rings. The average Bonchev–Trinajstić information content (AvgIpc) is 3.42. The van der Waals surface area contributed by atoms with Gasteiger partial charge < -0.3 is 10.6 Å². The van der Waals surface area contributed by atoms with E-state index in [2.05, 4.69) is 39.6 Å². The predicted molar refractivity (Wildman–Crippen MR) is 112 cm³/mol. The van der Waals surface area contributed by atoms with E-state index in [0.717, 1.165) is 43.7 Å². The van der Waals surface area contributed by atoms with E-state index < -0.39 is 0 Å². The van der Waals surface area contributed by atoms with Gasteiger partial charge in [-0.05, 0) is 62.3 Å². The number of benzene rings is 1. The van der Waals surface area contributed by atoms with Crippen LogP contribution >= 0.6 is 12.4 Å². The molecule has 2 N–H and O–H groups in total. The predicted octanol–water partition coefficient (Wildman–Crippen LogP) is 3.18. The lowest BCUT2D eigenvalue weighted by molar-refractivity contribution is -0.134. The van der Waals surface area contributed by atoms with Crippen molar-refractivity contribution in [3.63, 3.8) is 0 Å². The van der Waals surface area contributed by atoms with E-state index in [1.54, 1.807) is 0 Å². The summed E-state index contributed by atoms with van der Waals surface area (Å²) in [5, 5.41) is 11.6. The number of hydrogen-bond acceptors (Lipinski definition) is 3. The fraction of sp³-hybridized carbons (Fsp3) is 0.545. The van der Waals surface area contributed by atoms with Gasteiger partial charge in [-0.15, -0.1) is 12.4 Å². The van der Waals surface area contributed by atoms with Crippen LogP contribution in [0.2, 0.25) is 0 Å². The SMILES string of the molecule is Cl.O=C(NCc1nn(-c2ccccc2)c2c1CCC2)[C@@]12CCCC[C@H]1CNC2. The summed E-state index contributed by atoms with van der Waals surface area (Å²) in [7, 11) is 0. The highest BCUT2D eigenvalue weighted by molar-refractivity contribution is 5.85. The van der Waals surface area contributed by atoms with Crippen molar-refractivity contribution >= 4 is 18.3 Å². The van der Waals surface area contributed by atoms with Crippen molar-refractivity contribution in [2.45, 2.75) is 51.5 Å². The minimum Gasteiger partial charge on any atom is -0.350 e. The maximum Gasteiger partial charge on any atom is 0.228 e. The molecule has 0 bridgehead atoms. The Morgan fingerprint density at radius 3 is 2.93 bits per heavy atom. The first-order chi connectivity index (χ1) is 13.3. The summed E-state index contributed by atoms with van der Waals surface area (Å²) in [5.74, 6) is 0.733. The van der Waals surface area contributed by atoms with Gasteiger partial charge in [-0.1, -0.05) is 31.0 Å². The summed E-state index contributed by atoms with van der Waals surface area (Å²) in [6.07, 6.45) is 7.95. The zero-order valence-electron chi connectivity index (χ0n) is 16.2. The van der Waals surface area contributed by atoms with Crippen molar-refractivity contribution in [1.29, 1.82) is 0 Å². The van der Waals surface area contributed by atoms with Crippen molar-refractivity contribution < 1.29 is 4.79 Å². The number of hydrogen-bond donors (Lipinski definition) is 2. The molecule has 5 nitrogen and oxygen atoms in total. The molecule has 1 aromatic heterocycles. The average molecular weight is 401 g/mol. The largest absolute Gasteiger partial charge is 0.350 e. The van der Waals surface area contributed by atoms with E-state index in [4.69, 9.17) is 5.10 Å². The van der Waals surface area contributed by atoms with Gasteiger partial charge in [-0.25, -0.2) is 4.68 Å². The fourth-order valence-electron chi connectivity index (χ4n) is 5.47. The Bertz CT molecular complexity index is 850. The highest BCUT2D eigenvalue weighted by Gasteiger charge is 2.49. The van der Waals surface area contributed by atoms with Gasteiger partial charge in [-0.3, -0.25) is 4.79 Å². The number of carbonyl (C=O) groups is 1. The summed E-state index contributed by atoms with van der Waals surface area (Å²) in [6, 6.07) is 10.3. The lowest BCUT2D eigenvalue weighted by atomic mass is 9.67. The zero-order chi connectivity index (χ0) is 18.3. The number of para-hydroxylation sites is 1. The molecule has 6 heteroatoms. The van der Waals surface area contributed by atoms with Crippen LogP contribution in [0.4, 0.5) is 0 Å². The minimum atomic E-state index is -0.191. The van der Waals surface area contributed by atoms with Crippen LogP contribution in [-0.2, 0) is 24.2 Å². The van der Waals surface area contributed by atoms with Crippen LogP contribution in [0.5, 0.6) is 0 Å². The van der Waals surface area contributed by atoms with E-state index in [9.17, 15) is 4.79 Å². The standard InChI is InChI=1S/C22H28N4O.ClH/c27-21(22-12-5-4-7-16(22)13-23-15-22)24-14-19-18-10-6-11-20(18)26(25-19)17-8-2-1-3-9-17;/h1-3,8-9,16,23H,4-7,10-15H2,(H,24,27);1H/t16-,22+;/m0./s1. The first-order valence-electron chi connectivity index (χ1n) is 10.4. The molecule has 0 radical (unpaired) electrons. The molecule has 1 aromatic carbocycles. The van der Waals surface area contributed by atoms with Gasteiger partial charge in [0.05, 0.1) is 23.3 Å². The number of carbonyl (C=O) groups excluding carboxylic acids is 1. The van der Waals surface area contributed by atoms with Gasteiger partial charge in [0.15, 0.2) is 0 Å². The van der Waals surface area contributed by atoms with Gasteiger partial charge in [0.25, 0.3) is 0 Å². The summed E-state index contributed by atoms with van der Waals surface area (Å²) in [5.41, 5.74) is 4.64. The minimum absolute atomic E-state index is 0. The molecule has 3 aliphatic rings. The Balaban J connectivity index is 0.00000192. The van der Waals surface area contributed by atoms with Crippen molar-refractivity contribution in [1.82, 2.24) is 20.4 Å². The third-order valence-corrected chi connectivity index (χ3v) is 6.92. The molecule has 0 spiro atoms. The van der Waals surface area contributed by atoms with E-state index in [1.165, 1.54) is 36.9 Å². The van der Waals surface area contributed by atoms with Crippen LogP contribution in [0.3, 0.4) is 0 Å². The number of amides is 1. The molecule has 2 heterocycles. The highest BCUT2D eigenvalue weighted by Crippen LogP contribution is 2.44. The Morgan fingerprint density at radius 1 is 1.21 bits per heavy atom. The molecule has 2 atom stereocenters. The maximum absolute atomic E-state index is 13.2. The first-order valence-corrected chi connectivity index (χ1v) is 10.4. The molecule has 1 saturated carbocycles. The Labute approximate surface area is 172 Å². The molecule has 1 saturated heterocycles. The molecule has 1 aliphatic heterocycles. The van der Waals surface area contributed by atoms with Crippen LogP contribution in [0.25, 0.3) is 5.69 Å². The molecular weight excluding hydrogens is 372 g/mol.